The molecule has 1 fully saturated rings. The molecule has 190 valence electrons. The van der Waals surface area contributed by atoms with Gasteiger partial charge in [-0.2, -0.15) is 13.2 Å². The summed E-state index contributed by atoms with van der Waals surface area (Å²) in [6, 6.07) is 9.34. The number of hydrogen-bond acceptors (Lipinski definition) is 5. The number of carboxylic acids is 1. The second kappa shape index (κ2) is 9.75. The Balaban J connectivity index is 2.20. The van der Waals surface area contributed by atoms with Crippen LogP contribution in [0.25, 0.3) is 0 Å². The predicted octanol–water partition coefficient (Wildman–Crippen LogP) is 5.60. The van der Waals surface area contributed by atoms with Crippen molar-refractivity contribution in [1.29, 1.82) is 0 Å². The molecule has 4 atom stereocenters. The summed E-state index contributed by atoms with van der Waals surface area (Å²) in [6.07, 6.45) is -5.96. The fraction of sp³-hybridized carbons (Fsp3) is 0.480. The van der Waals surface area contributed by atoms with Crippen molar-refractivity contribution in [3.8, 4) is 0 Å². The molecule has 2 heterocycles. The number of carbonyl (C=O) groups is 2. The lowest BCUT2D eigenvalue weighted by molar-refractivity contribution is -0.145. The third kappa shape index (κ3) is 5.68. The van der Waals surface area contributed by atoms with Gasteiger partial charge in [0.2, 0.25) is 0 Å². The van der Waals surface area contributed by atoms with Crippen LogP contribution in [-0.4, -0.2) is 45.2 Å². The molecule has 0 saturated carbocycles. The zero-order valence-electron chi connectivity index (χ0n) is 20.2. The van der Waals surface area contributed by atoms with Crippen molar-refractivity contribution in [1.82, 2.24) is 9.88 Å². The van der Waals surface area contributed by atoms with E-state index in [1.807, 2.05) is 20.8 Å². The summed E-state index contributed by atoms with van der Waals surface area (Å²) < 4.78 is 45.3. The molecular weight excluding hydrogens is 463 g/mol. The fourth-order valence-electron chi connectivity index (χ4n) is 4.72. The first-order valence-electron chi connectivity index (χ1n) is 11.3. The number of alkyl halides is 3. The highest BCUT2D eigenvalue weighted by atomic mass is 19.4. The van der Waals surface area contributed by atoms with E-state index in [9.17, 15) is 27.9 Å². The number of pyridine rings is 1. The first-order valence-corrected chi connectivity index (χ1v) is 11.3. The van der Waals surface area contributed by atoms with Gasteiger partial charge in [-0.3, -0.25) is 4.90 Å². The number of rotatable bonds is 5. The number of aliphatic carboxylic acids is 1. The molecule has 1 saturated heterocycles. The van der Waals surface area contributed by atoms with Gasteiger partial charge in [0.25, 0.3) is 0 Å². The van der Waals surface area contributed by atoms with Crippen LogP contribution < -0.4 is 5.32 Å². The number of halogens is 3. The third-order valence-corrected chi connectivity index (χ3v) is 5.96. The monoisotopic (exact) mass is 493 g/mol. The van der Waals surface area contributed by atoms with E-state index in [-0.39, 0.29) is 5.82 Å². The first kappa shape index (κ1) is 26.3. The number of ether oxygens (including phenoxy) is 1. The molecule has 0 unspecified atom stereocenters. The average molecular weight is 494 g/mol. The minimum absolute atomic E-state index is 0.0665. The van der Waals surface area contributed by atoms with Crippen LogP contribution in [0.1, 0.15) is 51.9 Å². The first-order chi connectivity index (χ1) is 16.2. The van der Waals surface area contributed by atoms with Gasteiger partial charge in [0, 0.05) is 5.92 Å². The van der Waals surface area contributed by atoms with E-state index in [1.54, 1.807) is 44.2 Å². The van der Waals surface area contributed by atoms with Crippen LogP contribution in [0.15, 0.2) is 48.5 Å². The minimum Gasteiger partial charge on any atom is -0.480 e. The molecular formula is C25H30F3N3O4. The Bertz CT molecular complexity index is 1050. The zero-order chi connectivity index (χ0) is 26.1. The number of hydrogen-bond donors (Lipinski definition) is 2. The number of nitrogens with one attached hydrogen (secondary N) is 1. The summed E-state index contributed by atoms with van der Waals surface area (Å²) in [5, 5.41) is 13.3. The van der Waals surface area contributed by atoms with Gasteiger partial charge in [0.15, 0.2) is 0 Å². The number of aromatic nitrogens is 1. The van der Waals surface area contributed by atoms with E-state index >= 15 is 0 Å². The molecule has 35 heavy (non-hydrogen) atoms. The van der Waals surface area contributed by atoms with E-state index < -0.39 is 59.5 Å². The largest absolute Gasteiger partial charge is 0.480 e. The molecule has 0 aliphatic carbocycles. The lowest BCUT2D eigenvalue weighted by atomic mass is 9.72. The van der Waals surface area contributed by atoms with Crippen LogP contribution in [0, 0.1) is 11.3 Å². The number of nitrogens with zero attached hydrogens (tertiary/aromatic N) is 2. The van der Waals surface area contributed by atoms with Gasteiger partial charge < -0.3 is 15.2 Å². The lowest BCUT2D eigenvalue weighted by Crippen LogP contribution is -2.47. The molecule has 7 nitrogen and oxygen atoms in total. The fourth-order valence-corrected chi connectivity index (χ4v) is 4.72. The molecule has 0 radical (unpaired) electrons. The summed E-state index contributed by atoms with van der Waals surface area (Å²) in [5.74, 6) is -2.00. The molecule has 1 aromatic heterocycles. The number of anilines is 1. The summed E-state index contributed by atoms with van der Waals surface area (Å²) in [6.45, 7) is 8.82. The second-order valence-electron chi connectivity index (χ2n) is 9.95. The summed E-state index contributed by atoms with van der Waals surface area (Å²) in [5.41, 5.74) is -1.12. The normalized spacial score (nSPS) is 22.8. The summed E-state index contributed by atoms with van der Waals surface area (Å²) in [7, 11) is 0. The molecule has 2 N–H and O–H groups in total. The zero-order valence-corrected chi connectivity index (χ0v) is 20.2. The highest BCUT2D eigenvalue weighted by Gasteiger charge is 2.59. The van der Waals surface area contributed by atoms with Gasteiger partial charge >= 0.3 is 18.2 Å². The van der Waals surface area contributed by atoms with Crippen LogP contribution in [0.5, 0.6) is 0 Å². The number of carbonyl (C=O) groups excluding carboxylic acids is 1. The maximum Gasteiger partial charge on any atom is 0.433 e. The Morgan fingerprint density at radius 3 is 2.20 bits per heavy atom. The van der Waals surface area contributed by atoms with Gasteiger partial charge in [0.05, 0.1) is 18.2 Å². The molecule has 0 spiro atoms. The maximum absolute atomic E-state index is 13.3. The predicted molar refractivity (Wildman–Crippen MR) is 124 cm³/mol. The average Bonchev–Trinajstić information content (AvgIpc) is 3.09. The molecule has 1 amide bonds. The number of benzene rings is 1. The van der Waals surface area contributed by atoms with E-state index in [2.05, 4.69) is 10.3 Å². The molecule has 0 bridgehead atoms. The van der Waals surface area contributed by atoms with Crippen molar-refractivity contribution >= 4 is 17.9 Å². The summed E-state index contributed by atoms with van der Waals surface area (Å²) in [4.78, 5) is 30.8. The number of likely N-dealkylation sites (tertiary alicyclic amines) is 1. The SMILES string of the molecule is CC(C)OC(=O)N1[C@H](c2ccccc2)[C@H](Nc2cccc(C(F)(F)F)n2)[C@@H](C(C)(C)C)[C@@H]1C(=O)O. The van der Waals surface area contributed by atoms with Crippen molar-refractivity contribution in [3.05, 3.63) is 59.8 Å². The van der Waals surface area contributed by atoms with Crippen LogP contribution in [0.4, 0.5) is 23.8 Å². The van der Waals surface area contributed by atoms with Crippen molar-refractivity contribution < 1.29 is 32.6 Å². The van der Waals surface area contributed by atoms with Crippen LogP contribution >= 0.6 is 0 Å². The van der Waals surface area contributed by atoms with Crippen molar-refractivity contribution in [3.63, 3.8) is 0 Å². The molecule has 3 rings (SSSR count). The van der Waals surface area contributed by atoms with E-state index in [4.69, 9.17) is 4.74 Å². The summed E-state index contributed by atoms with van der Waals surface area (Å²) >= 11 is 0. The van der Waals surface area contributed by atoms with Crippen LogP contribution in [0.3, 0.4) is 0 Å². The van der Waals surface area contributed by atoms with Gasteiger partial charge in [-0.15, -0.1) is 0 Å². The van der Waals surface area contributed by atoms with Crippen molar-refractivity contribution in [2.75, 3.05) is 5.32 Å². The molecule has 1 aliphatic rings. The Morgan fingerprint density at radius 1 is 1.06 bits per heavy atom. The smallest absolute Gasteiger partial charge is 0.433 e. The van der Waals surface area contributed by atoms with Gasteiger partial charge in [-0.1, -0.05) is 57.2 Å². The highest BCUT2D eigenvalue weighted by molar-refractivity contribution is 5.82. The third-order valence-electron chi connectivity index (χ3n) is 5.96. The van der Waals surface area contributed by atoms with E-state index in [0.717, 1.165) is 6.07 Å². The highest BCUT2D eigenvalue weighted by Crippen LogP contribution is 2.49. The standard InChI is InChI=1S/C25H30F3N3O4/c1-14(2)35-23(34)31-20(15-10-7-6-8-11-15)19(18(24(3,4)5)21(31)22(32)33)30-17-13-9-12-16(29-17)25(26,27)28/h6-14,18-21H,1-5H3,(H,29,30)(H,32,33)/t18-,19-,20-,21-/m1/s1. The van der Waals surface area contributed by atoms with Gasteiger partial charge in [0.1, 0.15) is 17.6 Å². The molecule has 1 aromatic carbocycles. The van der Waals surface area contributed by atoms with Gasteiger partial charge in [-0.05, 0) is 37.0 Å². The van der Waals surface area contributed by atoms with E-state index in [0.29, 0.717) is 5.56 Å². The lowest BCUT2D eigenvalue weighted by Gasteiger charge is -2.35. The topological polar surface area (TPSA) is 91.8 Å². The second-order valence-corrected chi connectivity index (χ2v) is 9.95. The van der Waals surface area contributed by atoms with Crippen molar-refractivity contribution in [2.45, 2.75) is 65.0 Å². The quantitative estimate of drug-likeness (QED) is 0.564. The van der Waals surface area contributed by atoms with Gasteiger partial charge in [-0.25, -0.2) is 14.6 Å². The Morgan fingerprint density at radius 2 is 1.69 bits per heavy atom. The van der Waals surface area contributed by atoms with Crippen LogP contribution in [-0.2, 0) is 15.7 Å². The van der Waals surface area contributed by atoms with Crippen LogP contribution in [0.2, 0.25) is 0 Å². The Kier molecular flexibility index (Phi) is 7.33. The molecule has 2 aromatic rings. The minimum atomic E-state index is -4.65. The molecule has 1 aliphatic heterocycles. The number of amides is 1. The maximum atomic E-state index is 13.3. The number of carboxylic acid groups (broad SMARTS) is 1. The van der Waals surface area contributed by atoms with Crippen molar-refractivity contribution in [2.24, 2.45) is 11.3 Å². The Labute approximate surface area is 202 Å². The Hall–Kier alpha value is -3.30. The molecule has 10 heteroatoms. The van der Waals surface area contributed by atoms with E-state index in [1.165, 1.54) is 17.0 Å².